The summed E-state index contributed by atoms with van der Waals surface area (Å²) in [5.74, 6) is 0. The molecule has 0 fully saturated rings. The van der Waals surface area contributed by atoms with Crippen LogP contribution in [0.5, 0.6) is 0 Å². The summed E-state index contributed by atoms with van der Waals surface area (Å²) < 4.78 is 0. The van der Waals surface area contributed by atoms with Crippen molar-refractivity contribution in [2.24, 2.45) is 0 Å². The van der Waals surface area contributed by atoms with Gasteiger partial charge in [0, 0.05) is 36.2 Å². The Balaban J connectivity index is 1.63. The molecule has 6 aromatic carbocycles. The van der Waals surface area contributed by atoms with Crippen LogP contribution >= 0.6 is 0 Å². The summed E-state index contributed by atoms with van der Waals surface area (Å²) in [4.78, 5) is 4.81. The van der Waals surface area contributed by atoms with Crippen LogP contribution in [0, 0.1) is 0 Å². The van der Waals surface area contributed by atoms with Crippen molar-refractivity contribution in [1.82, 2.24) is 0 Å². The quantitative estimate of drug-likeness (QED) is 0.112. The van der Waals surface area contributed by atoms with E-state index in [2.05, 4.69) is 159 Å². The highest BCUT2D eigenvalue weighted by atomic mass is 15.2. The fourth-order valence-electron chi connectivity index (χ4n) is 6.52. The van der Waals surface area contributed by atoms with Crippen molar-refractivity contribution in [3.8, 4) is 11.1 Å². The van der Waals surface area contributed by atoms with Crippen molar-refractivity contribution in [2.45, 2.75) is 52.4 Å². The molecule has 0 aromatic heterocycles. The van der Waals surface area contributed by atoms with Crippen LogP contribution in [-0.2, 0) is 12.8 Å². The maximum Gasteiger partial charge on any atom is 0.0741 e. The summed E-state index contributed by atoms with van der Waals surface area (Å²) in [5.41, 5.74) is 10.1. The molecule has 6 rings (SSSR count). The highest BCUT2D eigenvalue weighted by Crippen LogP contribution is 2.50. The summed E-state index contributed by atoms with van der Waals surface area (Å²) in [6.45, 7) is 4.52. The van der Waals surface area contributed by atoms with Crippen LogP contribution in [0.2, 0.25) is 0 Å². The summed E-state index contributed by atoms with van der Waals surface area (Å²) in [6, 6.07) is 44.9. The predicted octanol–water partition coefficient (Wildman–Crippen LogP) is 11.9. The van der Waals surface area contributed by atoms with Gasteiger partial charge in [0.1, 0.15) is 0 Å². The number of unbranched alkanes of at least 4 members (excludes halogenated alkanes) is 2. The van der Waals surface area contributed by atoms with Gasteiger partial charge < -0.3 is 9.80 Å². The third-order valence-corrected chi connectivity index (χ3v) is 9.04. The Morgan fingerprint density at radius 1 is 0.455 bits per heavy atom. The van der Waals surface area contributed by atoms with Crippen LogP contribution < -0.4 is 9.80 Å². The first-order valence-electron chi connectivity index (χ1n) is 16.3. The van der Waals surface area contributed by atoms with Crippen LogP contribution in [0.1, 0.15) is 50.7 Å². The van der Waals surface area contributed by atoms with Gasteiger partial charge in [-0.1, -0.05) is 124 Å². The molecule has 0 aliphatic heterocycles. The fourth-order valence-corrected chi connectivity index (χ4v) is 6.52. The van der Waals surface area contributed by atoms with E-state index in [1.165, 1.54) is 92.2 Å². The second-order valence-corrected chi connectivity index (χ2v) is 12.0. The van der Waals surface area contributed by atoms with E-state index in [9.17, 15) is 0 Å². The molecule has 2 nitrogen and oxygen atoms in total. The van der Waals surface area contributed by atoms with Gasteiger partial charge >= 0.3 is 0 Å². The van der Waals surface area contributed by atoms with E-state index in [0.29, 0.717) is 0 Å². The minimum atomic E-state index is 1.12. The molecule has 0 spiro atoms. The van der Waals surface area contributed by atoms with Crippen LogP contribution in [0.3, 0.4) is 0 Å². The molecule has 0 aliphatic carbocycles. The molecule has 0 atom stereocenters. The largest absolute Gasteiger partial charge is 0.342 e. The van der Waals surface area contributed by atoms with Gasteiger partial charge in [0.2, 0.25) is 0 Å². The van der Waals surface area contributed by atoms with E-state index >= 15 is 0 Å². The van der Waals surface area contributed by atoms with Crippen molar-refractivity contribution >= 4 is 44.3 Å². The third kappa shape index (κ3) is 5.82. The average Bonchev–Trinajstić information content (AvgIpc) is 3.09. The molecule has 6 aromatic rings. The van der Waals surface area contributed by atoms with Crippen molar-refractivity contribution < 1.29 is 0 Å². The van der Waals surface area contributed by atoms with Crippen molar-refractivity contribution in [3.63, 3.8) is 0 Å². The lowest BCUT2D eigenvalue weighted by Gasteiger charge is -2.32. The first-order chi connectivity index (χ1) is 21.6. The Bertz CT molecular complexity index is 1840. The lowest BCUT2D eigenvalue weighted by Crippen LogP contribution is -2.18. The van der Waals surface area contributed by atoms with Crippen LogP contribution in [0.15, 0.2) is 121 Å². The zero-order chi connectivity index (χ0) is 30.5. The number of benzene rings is 6. The highest BCUT2D eigenvalue weighted by Gasteiger charge is 2.24. The summed E-state index contributed by atoms with van der Waals surface area (Å²) in [7, 11) is 4.46. The Morgan fingerprint density at radius 2 is 0.955 bits per heavy atom. The van der Waals surface area contributed by atoms with Gasteiger partial charge in [0.25, 0.3) is 0 Å². The normalized spacial score (nSPS) is 11.3. The maximum atomic E-state index is 2.41. The molecule has 0 aliphatic rings. The first kappa shape index (κ1) is 29.5. The van der Waals surface area contributed by atoms with E-state index in [4.69, 9.17) is 0 Å². The SMILES string of the molecule is CCCCc1ccc(N(C)c2c(N(C)c3ccc(CCCC)cc3)c3c(-c4ccccc4)cccc3c3ccccc23)cc1. The molecule has 0 radical (unpaired) electrons. The molecular weight excluding hydrogens is 532 g/mol. The molecule has 0 bridgehead atoms. The standard InChI is InChI=1S/C42H44N2/c1-5-7-15-31-23-27-34(28-24-31)43(3)41-39-20-13-12-19-37(39)38-22-14-21-36(33-17-10-9-11-18-33)40(38)42(41)44(4)35-29-25-32(26-30-35)16-8-6-2/h9-14,17-30H,5-8,15-16H2,1-4H3. The Morgan fingerprint density at radius 3 is 1.52 bits per heavy atom. The van der Waals surface area contributed by atoms with Gasteiger partial charge in [-0.2, -0.15) is 0 Å². The fraction of sp³-hybridized carbons (Fsp3) is 0.238. The molecule has 0 heterocycles. The minimum absolute atomic E-state index is 1.12. The number of hydrogen-bond donors (Lipinski definition) is 0. The van der Waals surface area contributed by atoms with Crippen LogP contribution in [0.4, 0.5) is 22.7 Å². The van der Waals surface area contributed by atoms with E-state index < -0.39 is 0 Å². The van der Waals surface area contributed by atoms with E-state index in [1.807, 2.05) is 0 Å². The van der Waals surface area contributed by atoms with E-state index in [0.717, 1.165) is 12.8 Å². The van der Waals surface area contributed by atoms with Gasteiger partial charge in [-0.3, -0.25) is 0 Å². The molecule has 44 heavy (non-hydrogen) atoms. The van der Waals surface area contributed by atoms with Crippen molar-refractivity contribution in [3.05, 3.63) is 132 Å². The van der Waals surface area contributed by atoms with Crippen LogP contribution in [-0.4, -0.2) is 14.1 Å². The molecule has 0 unspecified atom stereocenters. The molecule has 0 amide bonds. The molecule has 0 N–H and O–H groups in total. The highest BCUT2D eigenvalue weighted by molar-refractivity contribution is 6.25. The zero-order valence-electron chi connectivity index (χ0n) is 26.7. The van der Waals surface area contributed by atoms with Gasteiger partial charge in [-0.05, 0) is 83.0 Å². The zero-order valence-corrected chi connectivity index (χ0v) is 26.7. The van der Waals surface area contributed by atoms with Crippen LogP contribution in [0.25, 0.3) is 32.7 Å². The lowest BCUT2D eigenvalue weighted by atomic mass is 9.91. The van der Waals surface area contributed by atoms with Crippen molar-refractivity contribution in [2.75, 3.05) is 23.9 Å². The molecule has 2 heteroatoms. The van der Waals surface area contributed by atoms with Crippen molar-refractivity contribution in [1.29, 1.82) is 0 Å². The number of rotatable bonds is 11. The first-order valence-corrected chi connectivity index (χ1v) is 16.3. The average molecular weight is 577 g/mol. The van der Waals surface area contributed by atoms with Gasteiger partial charge in [0.15, 0.2) is 0 Å². The van der Waals surface area contributed by atoms with E-state index in [1.54, 1.807) is 0 Å². The monoisotopic (exact) mass is 576 g/mol. The number of nitrogens with zero attached hydrogens (tertiary/aromatic N) is 2. The summed E-state index contributed by atoms with van der Waals surface area (Å²) in [5, 5.41) is 5.07. The smallest absolute Gasteiger partial charge is 0.0741 e. The third-order valence-electron chi connectivity index (χ3n) is 9.04. The molecule has 0 saturated carbocycles. The molecule has 0 saturated heterocycles. The number of anilines is 4. The van der Waals surface area contributed by atoms with Gasteiger partial charge in [-0.15, -0.1) is 0 Å². The Hall–Kier alpha value is -4.56. The Labute approximate surface area is 263 Å². The van der Waals surface area contributed by atoms with E-state index in [-0.39, 0.29) is 0 Å². The summed E-state index contributed by atoms with van der Waals surface area (Å²) in [6.07, 6.45) is 7.12. The molecule has 222 valence electrons. The number of aryl methyl sites for hydroxylation is 2. The van der Waals surface area contributed by atoms with Gasteiger partial charge in [0.05, 0.1) is 11.4 Å². The number of fused-ring (bicyclic) bond motifs is 3. The molecular formula is C42H44N2. The number of hydrogen-bond acceptors (Lipinski definition) is 2. The Kier molecular flexibility index (Phi) is 8.98. The summed E-state index contributed by atoms with van der Waals surface area (Å²) >= 11 is 0. The lowest BCUT2D eigenvalue weighted by molar-refractivity contribution is 0.795. The maximum absolute atomic E-state index is 2.41. The predicted molar refractivity (Wildman–Crippen MR) is 193 cm³/mol. The topological polar surface area (TPSA) is 6.48 Å². The minimum Gasteiger partial charge on any atom is -0.342 e. The second-order valence-electron chi connectivity index (χ2n) is 12.0. The van der Waals surface area contributed by atoms with Gasteiger partial charge in [-0.25, -0.2) is 0 Å². The second kappa shape index (κ2) is 13.4.